The van der Waals surface area contributed by atoms with Gasteiger partial charge < -0.3 is 43.5 Å². The molecule has 1 aromatic carbocycles. The number of ether oxygens (including phenoxy) is 5. The Balaban J connectivity index is 1.93. The summed E-state index contributed by atoms with van der Waals surface area (Å²) in [6.45, 7) is 18.7. The predicted octanol–water partition coefficient (Wildman–Crippen LogP) is 5.45. The fourth-order valence-corrected chi connectivity index (χ4v) is 8.24. The van der Waals surface area contributed by atoms with E-state index in [1.807, 2.05) is 46.0 Å². The Kier molecular flexibility index (Phi) is 18.2. The zero-order valence-corrected chi connectivity index (χ0v) is 35.9. The number of methoxy groups -OCH3 is 1. The van der Waals surface area contributed by atoms with Crippen molar-refractivity contribution >= 4 is 17.7 Å². The summed E-state index contributed by atoms with van der Waals surface area (Å²) in [7, 11) is 7.51. The highest BCUT2D eigenvalue weighted by Crippen LogP contribution is 2.37. The van der Waals surface area contributed by atoms with Crippen molar-refractivity contribution in [1.29, 1.82) is 0 Å². The number of Topliss-reactive ketones (excluding diaryl/α,β-unsaturated/α-hetero) is 1. The number of ketones is 1. The van der Waals surface area contributed by atoms with Crippen molar-refractivity contribution in [1.82, 2.24) is 14.7 Å². The molecular weight excluding hydrogens is 702 g/mol. The van der Waals surface area contributed by atoms with Crippen molar-refractivity contribution in [2.24, 2.45) is 17.8 Å². The third-order valence-electron chi connectivity index (χ3n) is 11.3. The maximum absolute atomic E-state index is 14.3. The van der Waals surface area contributed by atoms with E-state index in [4.69, 9.17) is 23.7 Å². The molecule has 0 aliphatic carbocycles. The molecule has 314 valence electrons. The topological polar surface area (TPSA) is 127 Å². The van der Waals surface area contributed by atoms with Crippen LogP contribution < -0.4 is 0 Å². The third kappa shape index (κ3) is 13.9. The van der Waals surface area contributed by atoms with Gasteiger partial charge in [0.15, 0.2) is 18.2 Å². The van der Waals surface area contributed by atoms with Gasteiger partial charge in [-0.25, -0.2) is 4.79 Å². The van der Waals surface area contributed by atoms with Crippen LogP contribution in [0.3, 0.4) is 0 Å². The first-order valence-corrected chi connectivity index (χ1v) is 20.4. The first kappa shape index (κ1) is 46.9. The number of benzene rings is 1. The van der Waals surface area contributed by atoms with E-state index < -0.39 is 53.5 Å². The first-order valence-electron chi connectivity index (χ1n) is 20.4. The van der Waals surface area contributed by atoms with E-state index in [-0.39, 0.29) is 36.5 Å². The van der Waals surface area contributed by atoms with Crippen molar-refractivity contribution in [2.45, 2.75) is 142 Å². The Morgan fingerprint density at radius 3 is 2.22 bits per heavy atom. The average Bonchev–Trinajstić information content (AvgIpc) is 3.65. The maximum Gasteiger partial charge on any atom is 0.338 e. The molecule has 0 spiro atoms. The van der Waals surface area contributed by atoms with E-state index in [2.05, 4.69) is 16.7 Å². The summed E-state index contributed by atoms with van der Waals surface area (Å²) >= 11 is 0. The standard InChI is InChI=1S/C43H73N3O9/c1-29(27-45(11)34(28-47)21-18-24-46-22-16-17-23-46)26-43(8,51-12)38(31(3)36(48)32(4)39(49)55-42(5,6)7)54-41-37(35(44(9)10)25-30(2)52-41)53-40(50)33-19-14-13-15-20-33/h13-15,19-20,29-32,34-35,37-38,41,47H,16-18,21-28H2,1-12H3/t29-,30-,31+,32-,34-,35+,37-,38-,41?,43-/m1/s1. The number of carbonyl (C=O) groups excluding carboxylic acids is 3. The maximum atomic E-state index is 14.3. The van der Waals surface area contributed by atoms with Gasteiger partial charge in [0.1, 0.15) is 11.5 Å². The highest BCUT2D eigenvalue weighted by atomic mass is 16.7. The number of hydrogen-bond acceptors (Lipinski definition) is 12. The minimum Gasteiger partial charge on any atom is -0.459 e. The highest BCUT2D eigenvalue weighted by molar-refractivity contribution is 6.00. The van der Waals surface area contributed by atoms with Gasteiger partial charge in [-0.2, -0.15) is 0 Å². The second-order valence-electron chi connectivity index (χ2n) is 17.6. The van der Waals surface area contributed by atoms with Crippen LogP contribution >= 0.6 is 0 Å². The minimum absolute atomic E-state index is 0.0150. The number of hydrogen-bond donors (Lipinski definition) is 1. The molecule has 0 radical (unpaired) electrons. The molecule has 0 aromatic heterocycles. The quantitative estimate of drug-likeness (QED) is 0.126. The lowest BCUT2D eigenvalue weighted by atomic mass is 9.78. The van der Waals surface area contributed by atoms with Crippen molar-refractivity contribution in [2.75, 3.05) is 61.0 Å². The lowest BCUT2D eigenvalue weighted by molar-refractivity contribution is -0.294. The van der Waals surface area contributed by atoms with Crippen molar-refractivity contribution in [3.63, 3.8) is 0 Å². The molecular formula is C43H73N3O9. The van der Waals surface area contributed by atoms with Crippen LogP contribution in [0, 0.1) is 17.8 Å². The summed E-state index contributed by atoms with van der Waals surface area (Å²) in [6.07, 6.45) is 2.43. The summed E-state index contributed by atoms with van der Waals surface area (Å²) in [5, 5.41) is 10.4. The monoisotopic (exact) mass is 776 g/mol. The molecule has 2 fully saturated rings. The Labute approximate surface area is 331 Å². The van der Waals surface area contributed by atoms with Crippen LogP contribution in [0.1, 0.15) is 104 Å². The molecule has 12 nitrogen and oxygen atoms in total. The summed E-state index contributed by atoms with van der Waals surface area (Å²) < 4.78 is 31.6. The normalized spacial score (nSPS) is 24.9. The Morgan fingerprint density at radius 1 is 1.02 bits per heavy atom. The molecule has 3 rings (SSSR count). The number of aliphatic hydroxyl groups excluding tert-OH is 1. The molecule has 1 N–H and O–H groups in total. The number of esters is 2. The molecule has 2 aliphatic rings. The van der Waals surface area contributed by atoms with Gasteiger partial charge in [-0.05, 0) is 139 Å². The molecule has 0 bridgehead atoms. The summed E-state index contributed by atoms with van der Waals surface area (Å²) in [5.74, 6) is -3.33. The SMILES string of the molecule is CO[C@](C)(C[C@@H](C)CN(C)[C@@H](CO)CCCN1CCCC1)[C@H](OC1O[C@H](C)C[C@H](N(C)C)[C@H]1OC(=O)c1ccccc1)[C@@H](C)C(=O)[C@@H](C)C(=O)OC(C)(C)C. The van der Waals surface area contributed by atoms with E-state index >= 15 is 0 Å². The largest absolute Gasteiger partial charge is 0.459 e. The smallest absolute Gasteiger partial charge is 0.338 e. The Morgan fingerprint density at radius 2 is 1.65 bits per heavy atom. The fourth-order valence-electron chi connectivity index (χ4n) is 8.24. The number of aliphatic hydroxyl groups is 1. The molecule has 0 amide bonds. The summed E-state index contributed by atoms with van der Waals surface area (Å²) in [4.78, 5) is 47.7. The van der Waals surface area contributed by atoms with Crippen LogP contribution in [0.5, 0.6) is 0 Å². The van der Waals surface area contributed by atoms with Crippen LogP contribution in [0.2, 0.25) is 0 Å². The molecule has 0 saturated carbocycles. The van der Waals surface area contributed by atoms with Gasteiger partial charge in [-0.1, -0.05) is 32.0 Å². The molecule has 1 unspecified atom stereocenters. The first-order chi connectivity index (χ1) is 25.8. The average molecular weight is 776 g/mol. The zero-order valence-electron chi connectivity index (χ0n) is 35.9. The van der Waals surface area contributed by atoms with E-state index in [1.165, 1.54) is 12.8 Å². The van der Waals surface area contributed by atoms with Gasteiger partial charge in [0.25, 0.3) is 0 Å². The zero-order chi connectivity index (χ0) is 41.1. The van der Waals surface area contributed by atoms with Gasteiger partial charge in [0.05, 0.1) is 36.0 Å². The molecule has 55 heavy (non-hydrogen) atoms. The van der Waals surface area contributed by atoms with Gasteiger partial charge in [0.2, 0.25) is 0 Å². The molecule has 10 atom stereocenters. The van der Waals surface area contributed by atoms with Gasteiger partial charge in [0, 0.05) is 25.6 Å². The second-order valence-corrected chi connectivity index (χ2v) is 17.6. The third-order valence-corrected chi connectivity index (χ3v) is 11.3. The molecule has 2 saturated heterocycles. The lowest BCUT2D eigenvalue weighted by Crippen LogP contribution is -2.60. The van der Waals surface area contributed by atoms with Crippen LogP contribution in [-0.2, 0) is 33.3 Å². The molecule has 12 heteroatoms. The predicted molar refractivity (Wildman–Crippen MR) is 214 cm³/mol. The highest BCUT2D eigenvalue weighted by Gasteiger charge is 2.50. The van der Waals surface area contributed by atoms with E-state index in [0.29, 0.717) is 24.9 Å². The number of likely N-dealkylation sites (N-methyl/N-ethyl adjacent to an activating group) is 2. The number of likely N-dealkylation sites (tertiary alicyclic amines) is 1. The van der Waals surface area contributed by atoms with Crippen LogP contribution in [-0.4, -0.2) is 146 Å². The lowest BCUT2D eigenvalue weighted by Gasteiger charge is -2.47. The number of rotatable bonds is 21. The Bertz CT molecular complexity index is 1330. The number of carbonyl (C=O) groups is 3. The van der Waals surface area contributed by atoms with Crippen molar-refractivity contribution in [3.05, 3.63) is 35.9 Å². The Hall–Kier alpha value is -2.45. The van der Waals surface area contributed by atoms with E-state index in [0.717, 1.165) is 32.5 Å². The number of nitrogens with zero attached hydrogens (tertiary/aromatic N) is 3. The van der Waals surface area contributed by atoms with Crippen molar-refractivity contribution in [3.8, 4) is 0 Å². The molecule has 2 heterocycles. The summed E-state index contributed by atoms with van der Waals surface area (Å²) in [6, 6.07) is 8.56. The van der Waals surface area contributed by atoms with Crippen LogP contribution in [0.25, 0.3) is 0 Å². The molecule has 1 aromatic rings. The van der Waals surface area contributed by atoms with Crippen molar-refractivity contribution < 1.29 is 43.2 Å². The van der Waals surface area contributed by atoms with Gasteiger partial charge >= 0.3 is 11.9 Å². The molecule has 2 aliphatic heterocycles. The van der Waals surface area contributed by atoms with Crippen LogP contribution in [0.15, 0.2) is 30.3 Å². The van der Waals surface area contributed by atoms with Crippen LogP contribution in [0.4, 0.5) is 0 Å². The second kappa shape index (κ2) is 21.3. The fraction of sp³-hybridized carbons (Fsp3) is 0.791. The van der Waals surface area contributed by atoms with E-state index in [9.17, 15) is 19.5 Å². The summed E-state index contributed by atoms with van der Waals surface area (Å²) in [5.41, 5.74) is -1.42. The minimum atomic E-state index is -1.07. The van der Waals surface area contributed by atoms with Gasteiger partial charge in [-0.15, -0.1) is 0 Å². The van der Waals surface area contributed by atoms with E-state index in [1.54, 1.807) is 66.0 Å². The van der Waals surface area contributed by atoms with Gasteiger partial charge in [-0.3, -0.25) is 9.59 Å².